The van der Waals surface area contributed by atoms with Crippen LogP contribution < -0.4 is 0 Å². The van der Waals surface area contributed by atoms with E-state index in [0.29, 0.717) is 19.3 Å². The monoisotopic (exact) mass is 925 g/mol. The number of hydrogen-bond donors (Lipinski definition) is 7. The minimum absolute atomic E-state index is 0.0392. The smallest absolute Gasteiger partial charge is 0.462 e. The quantitative estimate of drug-likeness (QED) is 0.0102. The van der Waals surface area contributed by atoms with Gasteiger partial charge in [-0.05, 0) is 83.5 Å². The summed E-state index contributed by atoms with van der Waals surface area (Å²) >= 11 is 0. The number of hydrogen-bond acceptors (Lipinski definition) is 13. The molecule has 15 heteroatoms. The lowest BCUT2D eigenvalue weighted by molar-refractivity contribution is -0.220. The fourth-order valence-corrected chi connectivity index (χ4v) is 7.45. The summed E-state index contributed by atoms with van der Waals surface area (Å²) in [5, 5.41) is 60.1. The van der Waals surface area contributed by atoms with E-state index in [4.69, 9.17) is 18.5 Å². The van der Waals surface area contributed by atoms with Crippen molar-refractivity contribution in [2.45, 2.75) is 198 Å². The number of phosphoric acid groups is 1. The third-order valence-electron chi connectivity index (χ3n) is 10.3. The normalized spacial score (nSPS) is 22.8. The average Bonchev–Trinajstić information content (AvgIpc) is 3.27. The first kappa shape index (κ1) is 59.0. The maximum Gasteiger partial charge on any atom is 0.472 e. The van der Waals surface area contributed by atoms with Gasteiger partial charge < -0.3 is 45.0 Å². The highest BCUT2D eigenvalue weighted by atomic mass is 31.2. The Morgan fingerprint density at radius 2 is 1.08 bits per heavy atom. The van der Waals surface area contributed by atoms with Crippen LogP contribution in [-0.4, -0.2) is 110 Å². The number of ether oxygens (including phenoxy) is 2. The number of esters is 2. The number of carbonyl (C=O) groups is 2. The van der Waals surface area contributed by atoms with Crippen LogP contribution in [0.15, 0.2) is 85.1 Å². The zero-order valence-corrected chi connectivity index (χ0v) is 39.3. The van der Waals surface area contributed by atoms with Crippen LogP contribution in [-0.2, 0) is 32.7 Å². The van der Waals surface area contributed by atoms with Crippen molar-refractivity contribution in [1.29, 1.82) is 0 Å². The Hall–Kier alpha value is -3.01. The number of aliphatic hydroxyl groups excluding tert-OH is 6. The van der Waals surface area contributed by atoms with Crippen LogP contribution in [0, 0.1) is 0 Å². The zero-order valence-electron chi connectivity index (χ0n) is 38.4. The third-order valence-corrected chi connectivity index (χ3v) is 11.3. The van der Waals surface area contributed by atoms with Gasteiger partial charge in [-0.15, -0.1) is 0 Å². The molecule has 0 heterocycles. The van der Waals surface area contributed by atoms with Gasteiger partial charge in [-0.3, -0.25) is 18.6 Å². The average molecular weight is 925 g/mol. The van der Waals surface area contributed by atoms with Crippen LogP contribution in [0.1, 0.15) is 149 Å². The van der Waals surface area contributed by atoms with Crippen LogP contribution in [0.4, 0.5) is 0 Å². The molecule has 0 bridgehead atoms. The van der Waals surface area contributed by atoms with Crippen LogP contribution in [0.25, 0.3) is 0 Å². The Morgan fingerprint density at radius 1 is 0.578 bits per heavy atom. The molecule has 1 rings (SSSR count). The Labute approximate surface area is 382 Å². The molecule has 0 aromatic carbocycles. The van der Waals surface area contributed by atoms with Gasteiger partial charge in [-0.25, -0.2) is 4.57 Å². The van der Waals surface area contributed by atoms with E-state index in [2.05, 4.69) is 61.6 Å². The molecule has 1 saturated carbocycles. The number of carbonyl (C=O) groups excluding carboxylic acids is 2. The van der Waals surface area contributed by atoms with Crippen molar-refractivity contribution in [1.82, 2.24) is 0 Å². The molecule has 9 atom stereocenters. The van der Waals surface area contributed by atoms with Crippen molar-refractivity contribution in [2.24, 2.45) is 0 Å². The molecular formula is C49H81O14P. The minimum atomic E-state index is -5.15. The van der Waals surface area contributed by atoms with E-state index < -0.39 is 81.8 Å². The Balaban J connectivity index is 2.52. The molecule has 0 radical (unpaired) electrons. The van der Waals surface area contributed by atoms with E-state index >= 15 is 0 Å². The van der Waals surface area contributed by atoms with Crippen LogP contribution in [0.5, 0.6) is 0 Å². The third kappa shape index (κ3) is 30.2. The first-order valence-electron chi connectivity index (χ1n) is 23.5. The van der Waals surface area contributed by atoms with E-state index in [1.165, 1.54) is 19.3 Å². The Morgan fingerprint density at radius 3 is 1.67 bits per heavy atom. The van der Waals surface area contributed by atoms with Crippen LogP contribution in [0.3, 0.4) is 0 Å². The molecule has 366 valence electrons. The van der Waals surface area contributed by atoms with Crippen molar-refractivity contribution in [3.8, 4) is 0 Å². The molecule has 0 aromatic heterocycles. The topological polar surface area (TPSA) is 230 Å². The van der Waals surface area contributed by atoms with Crippen LogP contribution in [0.2, 0.25) is 0 Å². The largest absolute Gasteiger partial charge is 0.472 e. The van der Waals surface area contributed by atoms with E-state index in [9.17, 15) is 49.7 Å². The van der Waals surface area contributed by atoms with Crippen molar-refractivity contribution in [3.05, 3.63) is 85.1 Å². The molecule has 0 aliphatic heterocycles. The molecule has 0 spiro atoms. The first-order chi connectivity index (χ1) is 30.8. The maximum atomic E-state index is 12.8. The predicted octanol–water partition coefficient (Wildman–Crippen LogP) is 8.25. The molecule has 1 aliphatic carbocycles. The standard InChI is InChI=1S/C49H81O14P/c1-3-5-7-8-9-10-11-12-13-14-15-16-17-18-19-22-26-29-33-37-43(52)62-41(39-61-64(58,59)63-49-47(56)45(54)44(53)46(55)48(49)57)38-60-42(51)36-32-28-25-23-20-21-24-27-31-35-40(50)34-30-6-4-2/h6,9-10,12-13,15-16,18-19,24,27,30-31,35,40-41,44-50,53-57H,3-5,7-8,11,14,17,20-23,25-26,28-29,32-34,36-39H2,1-2H3,(H,58,59)/b10-9-,13-12-,16-15-,19-18-,27-24+,30-6+,35-31+/t40?,41-,44?,45-,46+,47-,48-,49?/m1/s1. The highest BCUT2D eigenvalue weighted by Gasteiger charge is 2.51. The summed E-state index contributed by atoms with van der Waals surface area (Å²) in [7, 11) is -5.15. The summed E-state index contributed by atoms with van der Waals surface area (Å²) < 4.78 is 33.5. The molecule has 4 unspecified atom stereocenters. The SMILES string of the molecule is CC/C=C/CC(O)/C=C/C=C/CCCCCCCC(=O)OC[C@H](COP(=O)(O)OC1[C@H](O)[C@H](O)C(O)[C@H](O)[C@H]1O)OC(=O)CCCCC/C=C\C/C=C\C/C=C\C/C=C\CCCCC. The Bertz CT molecular complexity index is 1460. The number of unbranched alkanes of at least 4 members (excludes halogenated alkanes) is 11. The van der Waals surface area contributed by atoms with Crippen molar-refractivity contribution in [3.63, 3.8) is 0 Å². The molecule has 0 aromatic rings. The fourth-order valence-electron chi connectivity index (χ4n) is 6.48. The fraction of sp³-hybridized carbons (Fsp3) is 0.673. The number of rotatable bonds is 37. The highest BCUT2D eigenvalue weighted by Crippen LogP contribution is 2.47. The highest BCUT2D eigenvalue weighted by molar-refractivity contribution is 7.47. The van der Waals surface area contributed by atoms with E-state index in [-0.39, 0.29) is 12.8 Å². The van der Waals surface area contributed by atoms with Gasteiger partial charge in [0.2, 0.25) is 0 Å². The lowest BCUT2D eigenvalue weighted by atomic mass is 9.85. The van der Waals surface area contributed by atoms with Crippen molar-refractivity contribution < 1.29 is 68.2 Å². The van der Waals surface area contributed by atoms with E-state index in [0.717, 1.165) is 83.5 Å². The molecular weight excluding hydrogens is 843 g/mol. The molecule has 64 heavy (non-hydrogen) atoms. The van der Waals surface area contributed by atoms with Gasteiger partial charge in [0.1, 0.15) is 43.2 Å². The minimum Gasteiger partial charge on any atom is -0.462 e. The van der Waals surface area contributed by atoms with Crippen molar-refractivity contribution in [2.75, 3.05) is 13.2 Å². The molecule has 1 fully saturated rings. The second-order valence-corrected chi connectivity index (χ2v) is 17.5. The summed E-state index contributed by atoms with van der Waals surface area (Å²) in [5.41, 5.74) is 0. The summed E-state index contributed by atoms with van der Waals surface area (Å²) in [6.45, 7) is 3.00. The second kappa shape index (κ2) is 38.1. The van der Waals surface area contributed by atoms with Crippen molar-refractivity contribution >= 4 is 19.8 Å². The van der Waals surface area contributed by atoms with Gasteiger partial charge in [0.05, 0.1) is 12.7 Å². The second-order valence-electron chi connectivity index (χ2n) is 16.1. The summed E-state index contributed by atoms with van der Waals surface area (Å²) in [5.74, 6) is -1.20. The predicted molar refractivity (Wildman–Crippen MR) is 250 cm³/mol. The van der Waals surface area contributed by atoms with Gasteiger partial charge >= 0.3 is 19.8 Å². The lowest BCUT2D eigenvalue weighted by Gasteiger charge is -2.41. The van der Waals surface area contributed by atoms with Gasteiger partial charge in [-0.1, -0.05) is 137 Å². The number of aliphatic hydroxyl groups is 6. The molecule has 1 aliphatic rings. The van der Waals surface area contributed by atoms with Gasteiger partial charge in [0.25, 0.3) is 0 Å². The number of phosphoric ester groups is 1. The first-order valence-corrected chi connectivity index (χ1v) is 25.0. The molecule has 0 saturated heterocycles. The van der Waals surface area contributed by atoms with Crippen LogP contribution >= 0.6 is 7.82 Å². The number of allylic oxidation sites excluding steroid dienone is 12. The lowest BCUT2D eigenvalue weighted by Crippen LogP contribution is -2.64. The van der Waals surface area contributed by atoms with E-state index in [1.54, 1.807) is 6.08 Å². The summed E-state index contributed by atoms with van der Waals surface area (Å²) in [6, 6.07) is 0. The molecule has 7 N–H and O–H groups in total. The maximum absolute atomic E-state index is 12.8. The molecule has 0 amide bonds. The summed E-state index contributed by atoms with van der Waals surface area (Å²) in [6.07, 6.45) is 32.4. The van der Waals surface area contributed by atoms with Gasteiger partial charge in [0.15, 0.2) is 6.10 Å². The van der Waals surface area contributed by atoms with Gasteiger partial charge in [-0.2, -0.15) is 0 Å². The van der Waals surface area contributed by atoms with Gasteiger partial charge in [0, 0.05) is 12.8 Å². The zero-order chi connectivity index (χ0) is 47.3. The Kier molecular flexibility index (Phi) is 35.2. The molecule has 14 nitrogen and oxygen atoms in total. The summed E-state index contributed by atoms with van der Waals surface area (Å²) in [4.78, 5) is 35.7. The van der Waals surface area contributed by atoms with E-state index in [1.807, 2.05) is 31.2 Å².